The summed E-state index contributed by atoms with van der Waals surface area (Å²) in [6.45, 7) is 0. The van der Waals surface area contributed by atoms with Crippen molar-refractivity contribution in [3.8, 4) is 0 Å². The maximum atomic E-state index is 10.8. The highest BCUT2D eigenvalue weighted by Gasteiger charge is 2.17. The summed E-state index contributed by atoms with van der Waals surface area (Å²) in [5, 5.41) is 14.1. The molecule has 2 aromatic carbocycles. The Hall–Kier alpha value is -1.64. The SMILES string of the molecule is OC(c1ccc2c(c1)CCCC2)c1csc2ccccc12. The molecule has 21 heavy (non-hydrogen) atoms. The van der Waals surface area contributed by atoms with Crippen molar-refractivity contribution in [3.63, 3.8) is 0 Å². The third-order valence-corrected chi connectivity index (χ3v) is 5.48. The molecule has 1 heterocycles. The molecule has 0 bridgehead atoms. The zero-order valence-electron chi connectivity index (χ0n) is 11.9. The average molecular weight is 294 g/mol. The molecule has 106 valence electrons. The molecule has 0 saturated carbocycles. The zero-order chi connectivity index (χ0) is 14.2. The van der Waals surface area contributed by atoms with Gasteiger partial charge in [0.15, 0.2) is 0 Å². The predicted octanol–water partition coefficient (Wildman–Crippen LogP) is 4.86. The molecule has 4 rings (SSSR count). The van der Waals surface area contributed by atoms with Gasteiger partial charge in [-0.3, -0.25) is 0 Å². The van der Waals surface area contributed by atoms with E-state index in [0.29, 0.717) is 0 Å². The molecular formula is C19H18OS. The minimum atomic E-state index is -0.520. The van der Waals surface area contributed by atoms with Crippen molar-refractivity contribution in [2.24, 2.45) is 0 Å². The molecule has 0 amide bonds. The van der Waals surface area contributed by atoms with E-state index >= 15 is 0 Å². The number of aryl methyl sites for hydroxylation is 2. The van der Waals surface area contributed by atoms with Gasteiger partial charge in [0.25, 0.3) is 0 Å². The molecule has 0 aliphatic heterocycles. The summed E-state index contributed by atoms with van der Waals surface area (Å²) >= 11 is 1.71. The first-order valence-electron chi connectivity index (χ1n) is 7.59. The largest absolute Gasteiger partial charge is 0.384 e. The number of hydrogen-bond donors (Lipinski definition) is 1. The lowest BCUT2D eigenvalue weighted by atomic mass is 9.88. The van der Waals surface area contributed by atoms with Crippen molar-refractivity contribution >= 4 is 21.4 Å². The Morgan fingerprint density at radius 1 is 0.952 bits per heavy atom. The standard InChI is InChI=1S/C19H18OS/c20-19(17-12-21-18-8-4-3-7-16(17)18)15-10-9-13-5-1-2-6-14(13)11-15/h3-4,7-12,19-20H,1-2,5-6H2. The Kier molecular flexibility index (Phi) is 3.28. The molecule has 1 aromatic heterocycles. The summed E-state index contributed by atoms with van der Waals surface area (Å²) in [5.41, 5.74) is 4.95. The van der Waals surface area contributed by atoms with E-state index in [0.717, 1.165) is 17.5 Å². The maximum Gasteiger partial charge on any atom is 0.105 e. The van der Waals surface area contributed by atoms with Crippen molar-refractivity contribution in [1.82, 2.24) is 0 Å². The molecule has 1 nitrogen and oxygen atoms in total. The Labute approximate surface area is 128 Å². The number of benzene rings is 2. The van der Waals surface area contributed by atoms with Crippen molar-refractivity contribution in [2.45, 2.75) is 31.8 Å². The monoisotopic (exact) mass is 294 g/mol. The quantitative estimate of drug-likeness (QED) is 0.715. The van der Waals surface area contributed by atoms with E-state index in [-0.39, 0.29) is 0 Å². The lowest BCUT2D eigenvalue weighted by Gasteiger charge is -2.18. The number of fused-ring (bicyclic) bond motifs is 2. The Morgan fingerprint density at radius 3 is 2.67 bits per heavy atom. The molecule has 3 aromatic rings. The number of aliphatic hydroxyl groups is 1. The van der Waals surface area contributed by atoms with Gasteiger partial charge >= 0.3 is 0 Å². The Balaban J connectivity index is 1.75. The minimum absolute atomic E-state index is 0.520. The second-order valence-corrected chi connectivity index (χ2v) is 6.74. The molecule has 0 radical (unpaired) electrons. The van der Waals surface area contributed by atoms with Crippen LogP contribution in [0.4, 0.5) is 0 Å². The molecule has 2 heteroatoms. The molecule has 1 atom stereocenters. The molecule has 1 aliphatic carbocycles. The predicted molar refractivity (Wildman–Crippen MR) is 89.0 cm³/mol. The fraction of sp³-hybridized carbons (Fsp3) is 0.263. The highest BCUT2D eigenvalue weighted by molar-refractivity contribution is 7.17. The van der Waals surface area contributed by atoms with Crippen LogP contribution in [0.5, 0.6) is 0 Å². The molecule has 1 aliphatic rings. The van der Waals surface area contributed by atoms with Crippen LogP contribution in [0.25, 0.3) is 10.1 Å². The van der Waals surface area contributed by atoms with E-state index in [2.05, 4.69) is 35.7 Å². The van der Waals surface area contributed by atoms with E-state index in [9.17, 15) is 5.11 Å². The highest BCUT2D eigenvalue weighted by Crippen LogP contribution is 2.34. The van der Waals surface area contributed by atoms with Crippen LogP contribution in [0.15, 0.2) is 47.8 Å². The molecule has 1 N–H and O–H groups in total. The first-order chi connectivity index (χ1) is 10.3. The van der Waals surface area contributed by atoms with Gasteiger partial charge in [-0.05, 0) is 59.2 Å². The summed E-state index contributed by atoms with van der Waals surface area (Å²) in [7, 11) is 0. The molecule has 0 saturated heterocycles. The second kappa shape index (κ2) is 5.28. The van der Waals surface area contributed by atoms with Crippen LogP contribution < -0.4 is 0 Å². The van der Waals surface area contributed by atoms with E-state index in [4.69, 9.17) is 0 Å². The molecule has 1 unspecified atom stereocenters. The summed E-state index contributed by atoms with van der Waals surface area (Å²) in [5.74, 6) is 0. The summed E-state index contributed by atoms with van der Waals surface area (Å²) in [6.07, 6.45) is 4.39. The van der Waals surface area contributed by atoms with Crippen LogP contribution >= 0.6 is 11.3 Å². The van der Waals surface area contributed by atoms with Crippen LogP contribution in [-0.2, 0) is 12.8 Å². The van der Waals surface area contributed by atoms with Gasteiger partial charge in [-0.1, -0.05) is 36.4 Å². The first-order valence-corrected chi connectivity index (χ1v) is 8.47. The fourth-order valence-electron chi connectivity index (χ4n) is 3.31. The zero-order valence-corrected chi connectivity index (χ0v) is 12.7. The van der Waals surface area contributed by atoms with Crippen LogP contribution in [0.3, 0.4) is 0 Å². The van der Waals surface area contributed by atoms with Gasteiger partial charge in [-0.2, -0.15) is 0 Å². The molecule has 0 fully saturated rings. The number of rotatable bonds is 2. The first kappa shape index (κ1) is 13.1. The Morgan fingerprint density at radius 2 is 1.76 bits per heavy atom. The third-order valence-electron chi connectivity index (χ3n) is 4.49. The van der Waals surface area contributed by atoms with Gasteiger partial charge in [0, 0.05) is 10.3 Å². The number of thiophene rings is 1. The van der Waals surface area contributed by atoms with E-state index in [1.54, 1.807) is 11.3 Å². The van der Waals surface area contributed by atoms with Crippen molar-refractivity contribution in [2.75, 3.05) is 0 Å². The third kappa shape index (κ3) is 2.29. The van der Waals surface area contributed by atoms with E-state index in [1.165, 1.54) is 40.5 Å². The second-order valence-electron chi connectivity index (χ2n) is 5.82. The molecular weight excluding hydrogens is 276 g/mol. The van der Waals surface area contributed by atoms with Gasteiger partial charge in [0.2, 0.25) is 0 Å². The number of hydrogen-bond acceptors (Lipinski definition) is 2. The maximum absolute atomic E-state index is 10.8. The van der Waals surface area contributed by atoms with Crippen molar-refractivity contribution in [3.05, 3.63) is 70.1 Å². The van der Waals surface area contributed by atoms with Crippen LogP contribution in [0.2, 0.25) is 0 Å². The van der Waals surface area contributed by atoms with E-state index in [1.807, 2.05) is 12.1 Å². The lowest BCUT2D eigenvalue weighted by molar-refractivity contribution is 0.222. The number of aliphatic hydroxyl groups excluding tert-OH is 1. The van der Waals surface area contributed by atoms with Gasteiger partial charge < -0.3 is 5.11 Å². The van der Waals surface area contributed by atoms with Crippen LogP contribution in [0.1, 0.15) is 41.2 Å². The van der Waals surface area contributed by atoms with Gasteiger partial charge in [0.1, 0.15) is 6.10 Å². The van der Waals surface area contributed by atoms with Crippen LogP contribution in [-0.4, -0.2) is 5.11 Å². The van der Waals surface area contributed by atoms with Crippen molar-refractivity contribution < 1.29 is 5.11 Å². The summed E-state index contributed by atoms with van der Waals surface area (Å²) < 4.78 is 1.24. The lowest BCUT2D eigenvalue weighted by Crippen LogP contribution is -2.06. The van der Waals surface area contributed by atoms with Gasteiger partial charge in [0.05, 0.1) is 0 Å². The topological polar surface area (TPSA) is 20.2 Å². The Bertz CT molecular complexity index is 787. The van der Waals surface area contributed by atoms with E-state index < -0.39 is 6.10 Å². The smallest absolute Gasteiger partial charge is 0.105 e. The summed E-state index contributed by atoms with van der Waals surface area (Å²) in [6, 6.07) is 14.8. The highest BCUT2D eigenvalue weighted by atomic mass is 32.1. The molecule has 0 spiro atoms. The van der Waals surface area contributed by atoms with Gasteiger partial charge in [-0.25, -0.2) is 0 Å². The normalized spacial score (nSPS) is 15.9. The fourth-order valence-corrected chi connectivity index (χ4v) is 4.29. The van der Waals surface area contributed by atoms with Gasteiger partial charge in [-0.15, -0.1) is 11.3 Å². The van der Waals surface area contributed by atoms with Crippen LogP contribution in [0, 0.1) is 0 Å². The van der Waals surface area contributed by atoms with Crippen molar-refractivity contribution in [1.29, 1.82) is 0 Å². The average Bonchev–Trinajstić information content (AvgIpc) is 2.98. The minimum Gasteiger partial charge on any atom is -0.384 e. The summed E-state index contributed by atoms with van der Waals surface area (Å²) in [4.78, 5) is 0.